The standard InChI is InChI=1S/C6H12O6.C5H10O5/c7-1-3(9)5(11)6(12)4(10)2-8;6-1-3(8)5(10)4(9)2-7/h1,3-6,8-12H,2H2;1,3-5,7-10H,2H2/t3-,4-,5-,6-;3-,4-,5+/m11/s1. The first-order valence-electron chi connectivity index (χ1n) is 6.06. The van der Waals surface area contributed by atoms with Gasteiger partial charge in [0, 0.05) is 0 Å². The summed E-state index contributed by atoms with van der Waals surface area (Å²) in [4.78, 5) is 19.7. The lowest BCUT2D eigenvalue weighted by atomic mass is 10.0. The number of carbonyl (C=O) groups is 2. The van der Waals surface area contributed by atoms with Crippen molar-refractivity contribution in [2.75, 3.05) is 13.2 Å². The molecule has 0 aliphatic rings. The SMILES string of the molecule is O=C[C@@H](O)[C@@H](O)[C@H](O)[C@H](O)CO.O=C[C@@H](O)[C@H](O)[C@H](O)CO. The van der Waals surface area contributed by atoms with E-state index in [-0.39, 0.29) is 12.6 Å². The Bertz CT molecular complexity index is 300. The molecule has 0 aromatic heterocycles. The van der Waals surface area contributed by atoms with Crippen LogP contribution in [0.1, 0.15) is 0 Å². The first-order chi connectivity index (χ1) is 10.2. The maximum atomic E-state index is 9.90. The number of aldehydes is 2. The van der Waals surface area contributed by atoms with E-state index in [0.717, 1.165) is 0 Å². The molecule has 0 amide bonds. The molecule has 0 heterocycles. The molecule has 0 fully saturated rings. The largest absolute Gasteiger partial charge is 0.394 e. The van der Waals surface area contributed by atoms with Crippen LogP contribution in [0.3, 0.4) is 0 Å². The van der Waals surface area contributed by atoms with Gasteiger partial charge in [-0.05, 0) is 0 Å². The molecule has 132 valence electrons. The van der Waals surface area contributed by atoms with Gasteiger partial charge in [-0.1, -0.05) is 0 Å². The highest BCUT2D eigenvalue weighted by Crippen LogP contribution is 2.03. The highest BCUT2D eigenvalue weighted by Gasteiger charge is 2.29. The highest BCUT2D eigenvalue weighted by atomic mass is 16.4. The number of rotatable bonds is 9. The monoisotopic (exact) mass is 330 g/mol. The van der Waals surface area contributed by atoms with Crippen LogP contribution in [0.25, 0.3) is 0 Å². The fraction of sp³-hybridized carbons (Fsp3) is 0.818. The Morgan fingerprint density at radius 2 is 0.909 bits per heavy atom. The van der Waals surface area contributed by atoms with Gasteiger partial charge < -0.3 is 55.5 Å². The van der Waals surface area contributed by atoms with E-state index in [1.807, 2.05) is 0 Å². The van der Waals surface area contributed by atoms with E-state index in [9.17, 15) is 9.59 Å². The zero-order valence-corrected chi connectivity index (χ0v) is 11.5. The molecule has 0 aliphatic carbocycles. The molecule has 0 spiro atoms. The summed E-state index contributed by atoms with van der Waals surface area (Å²) in [6.07, 6.45) is -11.5. The maximum Gasteiger partial charge on any atom is 0.151 e. The van der Waals surface area contributed by atoms with Crippen LogP contribution in [0.5, 0.6) is 0 Å². The van der Waals surface area contributed by atoms with Gasteiger partial charge in [0.25, 0.3) is 0 Å². The van der Waals surface area contributed by atoms with Crippen molar-refractivity contribution in [2.45, 2.75) is 42.7 Å². The van der Waals surface area contributed by atoms with Crippen LogP contribution >= 0.6 is 0 Å². The van der Waals surface area contributed by atoms with Crippen molar-refractivity contribution in [1.29, 1.82) is 0 Å². The average Bonchev–Trinajstić information content (AvgIpc) is 2.56. The van der Waals surface area contributed by atoms with Gasteiger partial charge in [0.1, 0.15) is 42.7 Å². The van der Waals surface area contributed by atoms with Gasteiger partial charge in [-0.3, -0.25) is 0 Å². The number of hydrogen-bond acceptors (Lipinski definition) is 11. The van der Waals surface area contributed by atoms with Crippen molar-refractivity contribution in [1.82, 2.24) is 0 Å². The molecule has 0 aliphatic heterocycles. The third-order valence-electron chi connectivity index (χ3n) is 2.49. The molecule has 0 saturated heterocycles. The summed E-state index contributed by atoms with van der Waals surface area (Å²) in [6, 6.07) is 0. The van der Waals surface area contributed by atoms with Crippen molar-refractivity contribution in [3.63, 3.8) is 0 Å². The van der Waals surface area contributed by atoms with Crippen LogP contribution in [-0.4, -0.2) is 114 Å². The Labute approximate surface area is 125 Å². The van der Waals surface area contributed by atoms with E-state index in [0.29, 0.717) is 0 Å². The highest BCUT2D eigenvalue weighted by molar-refractivity contribution is 5.57. The molecule has 22 heavy (non-hydrogen) atoms. The van der Waals surface area contributed by atoms with Crippen LogP contribution < -0.4 is 0 Å². The minimum atomic E-state index is -1.79. The Morgan fingerprint density at radius 3 is 1.23 bits per heavy atom. The minimum absolute atomic E-state index is 0.0258. The van der Waals surface area contributed by atoms with E-state index in [1.165, 1.54) is 0 Å². The molecule has 0 radical (unpaired) electrons. The Balaban J connectivity index is 0. The lowest BCUT2D eigenvalue weighted by molar-refractivity contribution is -0.136. The van der Waals surface area contributed by atoms with E-state index in [2.05, 4.69) is 0 Å². The summed E-state index contributed by atoms with van der Waals surface area (Å²) in [5.41, 5.74) is 0. The van der Waals surface area contributed by atoms with Crippen molar-refractivity contribution in [3.05, 3.63) is 0 Å². The van der Waals surface area contributed by atoms with Gasteiger partial charge in [-0.2, -0.15) is 0 Å². The van der Waals surface area contributed by atoms with Crippen LogP contribution in [-0.2, 0) is 9.59 Å². The summed E-state index contributed by atoms with van der Waals surface area (Å²) in [6.45, 7) is -1.45. The van der Waals surface area contributed by atoms with Crippen LogP contribution in [0.2, 0.25) is 0 Å². The predicted octanol–water partition coefficient (Wildman–Crippen LogP) is -6.12. The van der Waals surface area contributed by atoms with Gasteiger partial charge in [-0.15, -0.1) is 0 Å². The minimum Gasteiger partial charge on any atom is -0.394 e. The molecule has 0 rings (SSSR count). The number of hydrogen-bond donors (Lipinski definition) is 9. The van der Waals surface area contributed by atoms with Gasteiger partial charge in [-0.25, -0.2) is 0 Å². The van der Waals surface area contributed by atoms with Crippen LogP contribution in [0.15, 0.2) is 0 Å². The average molecular weight is 330 g/mol. The molecule has 9 N–H and O–H groups in total. The molecule has 11 nitrogen and oxygen atoms in total. The summed E-state index contributed by atoms with van der Waals surface area (Å²) in [7, 11) is 0. The van der Waals surface area contributed by atoms with E-state index < -0.39 is 55.9 Å². The van der Waals surface area contributed by atoms with E-state index >= 15 is 0 Å². The summed E-state index contributed by atoms with van der Waals surface area (Å²) in [5, 5.41) is 77.6. The molecule has 0 aromatic carbocycles. The third kappa shape index (κ3) is 8.43. The van der Waals surface area contributed by atoms with Crippen molar-refractivity contribution >= 4 is 12.6 Å². The second-order valence-electron chi connectivity index (χ2n) is 4.22. The lowest BCUT2D eigenvalue weighted by Crippen LogP contribution is -2.46. The third-order valence-corrected chi connectivity index (χ3v) is 2.49. The second-order valence-corrected chi connectivity index (χ2v) is 4.22. The van der Waals surface area contributed by atoms with Crippen molar-refractivity contribution < 1.29 is 55.5 Å². The zero-order valence-electron chi connectivity index (χ0n) is 11.5. The summed E-state index contributed by atoms with van der Waals surface area (Å²) >= 11 is 0. The number of aliphatic hydroxyl groups is 9. The fourth-order valence-electron chi connectivity index (χ4n) is 1.03. The lowest BCUT2D eigenvalue weighted by Gasteiger charge is -2.22. The zero-order chi connectivity index (χ0) is 17.9. The first-order valence-corrected chi connectivity index (χ1v) is 6.06. The quantitative estimate of drug-likeness (QED) is 0.181. The predicted molar refractivity (Wildman–Crippen MR) is 68.3 cm³/mol. The molecular weight excluding hydrogens is 308 g/mol. The molecule has 11 heteroatoms. The van der Waals surface area contributed by atoms with E-state index in [4.69, 9.17) is 46.0 Å². The van der Waals surface area contributed by atoms with E-state index in [1.54, 1.807) is 0 Å². The van der Waals surface area contributed by atoms with Crippen molar-refractivity contribution in [2.24, 2.45) is 0 Å². The normalized spacial score (nSPS) is 20.4. The first kappa shape index (κ1) is 23.2. The molecule has 0 bridgehead atoms. The molecular formula is C11H22O11. The van der Waals surface area contributed by atoms with Gasteiger partial charge in [0.2, 0.25) is 0 Å². The Hall–Kier alpha value is -1.02. The smallest absolute Gasteiger partial charge is 0.151 e. The van der Waals surface area contributed by atoms with Gasteiger partial charge in [0.05, 0.1) is 13.2 Å². The van der Waals surface area contributed by atoms with Gasteiger partial charge in [0.15, 0.2) is 12.6 Å². The number of aliphatic hydroxyl groups excluding tert-OH is 9. The van der Waals surface area contributed by atoms with Crippen LogP contribution in [0.4, 0.5) is 0 Å². The number of carbonyl (C=O) groups excluding carboxylic acids is 2. The Morgan fingerprint density at radius 1 is 0.591 bits per heavy atom. The Kier molecular flexibility index (Phi) is 13.2. The van der Waals surface area contributed by atoms with Crippen molar-refractivity contribution in [3.8, 4) is 0 Å². The second kappa shape index (κ2) is 12.5. The fourth-order valence-corrected chi connectivity index (χ4v) is 1.03. The van der Waals surface area contributed by atoms with Gasteiger partial charge >= 0.3 is 0 Å². The molecule has 0 saturated carbocycles. The molecule has 0 aromatic rings. The maximum absolute atomic E-state index is 9.90. The summed E-state index contributed by atoms with van der Waals surface area (Å²) in [5.74, 6) is 0. The molecule has 0 unspecified atom stereocenters. The summed E-state index contributed by atoms with van der Waals surface area (Å²) < 4.78 is 0. The molecule has 7 atom stereocenters. The van der Waals surface area contributed by atoms with Crippen LogP contribution in [0, 0.1) is 0 Å². The topological polar surface area (TPSA) is 216 Å².